The molecular formula is C11H22. The van der Waals surface area contributed by atoms with E-state index in [1.807, 2.05) is 0 Å². The molecule has 0 nitrogen and oxygen atoms in total. The Morgan fingerprint density at radius 3 is 2.18 bits per heavy atom. The van der Waals surface area contributed by atoms with E-state index in [4.69, 9.17) is 0 Å². The molecule has 66 valence electrons. The number of hydrogen-bond donors (Lipinski definition) is 0. The summed E-state index contributed by atoms with van der Waals surface area (Å²) >= 11 is 0. The van der Waals surface area contributed by atoms with E-state index in [0.717, 1.165) is 5.92 Å². The first kappa shape index (κ1) is 10.7. The standard InChI is InChI=1S/C11H22/c1-6-7-8-11(4,5)9-10(2)3/h6-7,10H,8-9H2,1-5H3. The topological polar surface area (TPSA) is 0 Å². The Morgan fingerprint density at radius 2 is 1.82 bits per heavy atom. The van der Waals surface area contributed by atoms with Crippen LogP contribution in [0.5, 0.6) is 0 Å². The summed E-state index contributed by atoms with van der Waals surface area (Å²) in [5.74, 6) is 0.815. The van der Waals surface area contributed by atoms with Crippen LogP contribution in [-0.4, -0.2) is 0 Å². The molecule has 0 saturated heterocycles. The fourth-order valence-corrected chi connectivity index (χ4v) is 1.63. The number of rotatable bonds is 4. The van der Waals surface area contributed by atoms with E-state index in [-0.39, 0.29) is 0 Å². The summed E-state index contributed by atoms with van der Waals surface area (Å²) in [6, 6.07) is 0. The van der Waals surface area contributed by atoms with Gasteiger partial charge in [0.15, 0.2) is 0 Å². The van der Waals surface area contributed by atoms with Gasteiger partial charge in [-0.3, -0.25) is 0 Å². The first-order valence-corrected chi connectivity index (χ1v) is 4.59. The lowest BCUT2D eigenvalue weighted by Crippen LogP contribution is -2.12. The summed E-state index contributed by atoms with van der Waals surface area (Å²) < 4.78 is 0. The molecule has 0 heteroatoms. The second kappa shape index (κ2) is 4.58. The zero-order chi connectivity index (χ0) is 8.91. The highest BCUT2D eigenvalue weighted by atomic mass is 14.2. The summed E-state index contributed by atoms with van der Waals surface area (Å²) in [7, 11) is 0. The molecule has 0 aliphatic heterocycles. The van der Waals surface area contributed by atoms with Crippen LogP contribution in [0.1, 0.15) is 47.5 Å². The fourth-order valence-electron chi connectivity index (χ4n) is 1.63. The summed E-state index contributed by atoms with van der Waals surface area (Å²) in [4.78, 5) is 0. The zero-order valence-corrected chi connectivity index (χ0v) is 8.65. The van der Waals surface area contributed by atoms with Crippen molar-refractivity contribution in [2.24, 2.45) is 11.3 Å². The number of allylic oxidation sites excluding steroid dienone is 2. The largest absolute Gasteiger partial charge is 0.0916 e. The van der Waals surface area contributed by atoms with Crippen LogP contribution in [0.4, 0.5) is 0 Å². The molecule has 0 radical (unpaired) electrons. The van der Waals surface area contributed by atoms with Crippen molar-refractivity contribution in [2.45, 2.75) is 47.5 Å². The van der Waals surface area contributed by atoms with Gasteiger partial charge in [0, 0.05) is 0 Å². The number of hydrogen-bond acceptors (Lipinski definition) is 0. The molecule has 0 aromatic heterocycles. The molecule has 0 aliphatic carbocycles. The highest BCUT2D eigenvalue weighted by Crippen LogP contribution is 2.29. The van der Waals surface area contributed by atoms with E-state index in [1.165, 1.54) is 12.8 Å². The van der Waals surface area contributed by atoms with Crippen molar-refractivity contribution in [3.05, 3.63) is 12.2 Å². The maximum absolute atomic E-state index is 2.34. The second-order valence-corrected chi connectivity index (χ2v) is 4.54. The Hall–Kier alpha value is -0.260. The minimum atomic E-state index is 0.487. The molecule has 0 fully saturated rings. The highest BCUT2D eigenvalue weighted by molar-refractivity contribution is 4.85. The summed E-state index contributed by atoms with van der Waals surface area (Å²) in [6.07, 6.45) is 6.93. The van der Waals surface area contributed by atoms with E-state index in [0.29, 0.717) is 5.41 Å². The van der Waals surface area contributed by atoms with Gasteiger partial charge in [0.1, 0.15) is 0 Å². The molecule has 0 N–H and O–H groups in total. The average molecular weight is 154 g/mol. The van der Waals surface area contributed by atoms with E-state index in [9.17, 15) is 0 Å². The van der Waals surface area contributed by atoms with Gasteiger partial charge >= 0.3 is 0 Å². The fraction of sp³-hybridized carbons (Fsp3) is 0.818. The van der Waals surface area contributed by atoms with Gasteiger partial charge in [-0.1, -0.05) is 39.8 Å². The molecule has 0 aliphatic rings. The second-order valence-electron chi connectivity index (χ2n) is 4.54. The van der Waals surface area contributed by atoms with Crippen molar-refractivity contribution >= 4 is 0 Å². The Morgan fingerprint density at radius 1 is 1.27 bits per heavy atom. The quantitative estimate of drug-likeness (QED) is 0.536. The van der Waals surface area contributed by atoms with Crippen molar-refractivity contribution in [1.82, 2.24) is 0 Å². The van der Waals surface area contributed by atoms with Crippen molar-refractivity contribution in [2.75, 3.05) is 0 Å². The maximum Gasteiger partial charge on any atom is -0.0299 e. The van der Waals surface area contributed by atoms with Crippen LogP contribution in [0, 0.1) is 11.3 Å². The molecular weight excluding hydrogens is 132 g/mol. The molecule has 0 unspecified atom stereocenters. The van der Waals surface area contributed by atoms with Crippen LogP contribution >= 0.6 is 0 Å². The van der Waals surface area contributed by atoms with Crippen LogP contribution in [0.2, 0.25) is 0 Å². The maximum atomic E-state index is 2.34. The van der Waals surface area contributed by atoms with Crippen LogP contribution in [0.25, 0.3) is 0 Å². The van der Waals surface area contributed by atoms with Gasteiger partial charge in [-0.05, 0) is 31.1 Å². The highest BCUT2D eigenvalue weighted by Gasteiger charge is 2.16. The summed E-state index contributed by atoms with van der Waals surface area (Å²) in [6.45, 7) is 11.3. The van der Waals surface area contributed by atoms with Crippen LogP contribution < -0.4 is 0 Å². The molecule has 0 amide bonds. The lowest BCUT2D eigenvalue weighted by Gasteiger charge is -2.24. The van der Waals surface area contributed by atoms with E-state index < -0.39 is 0 Å². The minimum absolute atomic E-state index is 0.487. The molecule has 0 aromatic carbocycles. The third-order valence-corrected chi connectivity index (χ3v) is 1.87. The first-order valence-electron chi connectivity index (χ1n) is 4.59. The van der Waals surface area contributed by atoms with Crippen molar-refractivity contribution in [1.29, 1.82) is 0 Å². The third-order valence-electron chi connectivity index (χ3n) is 1.87. The Kier molecular flexibility index (Phi) is 4.48. The van der Waals surface area contributed by atoms with Gasteiger partial charge in [-0.15, -0.1) is 0 Å². The van der Waals surface area contributed by atoms with Crippen molar-refractivity contribution in [3.63, 3.8) is 0 Å². The lowest BCUT2D eigenvalue weighted by atomic mass is 9.81. The average Bonchev–Trinajstić information content (AvgIpc) is 1.81. The molecule has 0 atom stereocenters. The predicted molar refractivity (Wildman–Crippen MR) is 52.7 cm³/mol. The van der Waals surface area contributed by atoms with Crippen molar-refractivity contribution in [3.8, 4) is 0 Å². The van der Waals surface area contributed by atoms with Crippen molar-refractivity contribution < 1.29 is 0 Å². The molecule has 0 bridgehead atoms. The van der Waals surface area contributed by atoms with Gasteiger partial charge in [-0.2, -0.15) is 0 Å². The van der Waals surface area contributed by atoms with Gasteiger partial charge < -0.3 is 0 Å². The molecule has 0 rings (SSSR count). The SMILES string of the molecule is CC=CCC(C)(C)CC(C)C. The molecule has 11 heavy (non-hydrogen) atoms. The van der Waals surface area contributed by atoms with Crippen LogP contribution in [0.15, 0.2) is 12.2 Å². The molecule has 0 aromatic rings. The Bertz CT molecular complexity index is 118. The van der Waals surface area contributed by atoms with Gasteiger partial charge in [0.25, 0.3) is 0 Å². The monoisotopic (exact) mass is 154 g/mol. The van der Waals surface area contributed by atoms with Gasteiger partial charge in [-0.25, -0.2) is 0 Å². The zero-order valence-electron chi connectivity index (χ0n) is 8.65. The van der Waals surface area contributed by atoms with E-state index in [2.05, 4.69) is 46.8 Å². The predicted octanol–water partition coefficient (Wildman–Crippen LogP) is 4.02. The minimum Gasteiger partial charge on any atom is -0.0916 e. The smallest absolute Gasteiger partial charge is 0.0299 e. The van der Waals surface area contributed by atoms with Gasteiger partial charge in [0.05, 0.1) is 0 Å². The van der Waals surface area contributed by atoms with Crippen LogP contribution in [-0.2, 0) is 0 Å². The molecule has 0 saturated carbocycles. The lowest BCUT2D eigenvalue weighted by molar-refractivity contribution is 0.291. The van der Waals surface area contributed by atoms with Crippen LogP contribution in [0.3, 0.4) is 0 Å². The molecule has 0 heterocycles. The summed E-state index contributed by atoms with van der Waals surface area (Å²) in [5.41, 5.74) is 0.487. The molecule has 0 spiro atoms. The third kappa shape index (κ3) is 6.15. The summed E-state index contributed by atoms with van der Waals surface area (Å²) in [5, 5.41) is 0. The Balaban J connectivity index is 3.79. The van der Waals surface area contributed by atoms with Gasteiger partial charge in [0.2, 0.25) is 0 Å². The Labute approximate surface area is 71.7 Å². The first-order chi connectivity index (χ1) is 4.98. The normalized spacial score (nSPS) is 13.3. The van der Waals surface area contributed by atoms with E-state index >= 15 is 0 Å². The van der Waals surface area contributed by atoms with E-state index in [1.54, 1.807) is 0 Å².